The largest absolute Gasteiger partial charge is 0.383 e. The van der Waals surface area contributed by atoms with Crippen molar-refractivity contribution in [3.8, 4) is 0 Å². The highest BCUT2D eigenvalue weighted by Crippen LogP contribution is 2.31. The Labute approximate surface area is 201 Å². The fraction of sp³-hybridized carbons (Fsp3) is 0.500. The predicted molar refractivity (Wildman–Crippen MR) is 137 cm³/mol. The number of amides is 1. The Morgan fingerprint density at radius 3 is 2.44 bits per heavy atom. The lowest BCUT2D eigenvalue weighted by molar-refractivity contribution is -0.121. The number of hydrogen-bond donors (Lipinski definition) is 2. The van der Waals surface area contributed by atoms with Crippen molar-refractivity contribution >= 4 is 28.3 Å². The molecule has 2 aromatic heterocycles. The zero-order valence-electron chi connectivity index (χ0n) is 20.7. The molecule has 1 fully saturated rings. The van der Waals surface area contributed by atoms with Gasteiger partial charge in [0.1, 0.15) is 0 Å². The molecule has 0 radical (unpaired) electrons. The van der Waals surface area contributed by atoms with Crippen molar-refractivity contribution in [1.29, 1.82) is 0 Å². The molecule has 4 rings (SSSR count). The van der Waals surface area contributed by atoms with Gasteiger partial charge in [0.05, 0.1) is 17.6 Å². The van der Waals surface area contributed by atoms with E-state index >= 15 is 0 Å². The van der Waals surface area contributed by atoms with Crippen molar-refractivity contribution in [2.45, 2.75) is 46.1 Å². The minimum absolute atomic E-state index is 0.00611. The fourth-order valence-corrected chi connectivity index (χ4v) is 4.54. The minimum Gasteiger partial charge on any atom is -0.383 e. The van der Waals surface area contributed by atoms with Crippen molar-refractivity contribution in [3.63, 3.8) is 0 Å². The lowest BCUT2D eigenvalue weighted by atomic mass is 9.81. The second-order valence-electron chi connectivity index (χ2n) is 8.52. The molecule has 2 heterocycles. The van der Waals surface area contributed by atoms with Gasteiger partial charge in [0.15, 0.2) is 0 Å². The first kappa shape index (κ1) is 25.5. The van der Waals surface area contributed by atoms with Gasteiger partial charge in [-0.1, -0.05) is 13.8 Å². The molecule has 8 heteroatoms. The number of methoxy groups -OCH3 is 1. The predicted octanol–water partition coefficient (Wildman–Crippen LogP) is 4.26. The third kappa shape index (κ3) is 6.05. The van der Waals surface area contributed by atoms with Crippen molar-refractivity contribution in [3.05, 3.63) is 53.2 Å². The van der Waals surface area contributed by atoms with E-state index < -0.39 is 0 Å². The van der Waals surface area contributed by atoms with Crippen LogP contribution in [0.5, 0.6) is 0 Å². The normalized spacial score (nSPS) is 17.6. The molecule has 1 saturated carbocycles. The number of benzene rings is 1. The van der Waals surface area contributed by atoms with Crippen LogP contribution in [0.25, 0.3) is 11.0 Å². The summed E-state index contributed by atoms with van der Waals surface area (Å²) >= 11 is 0. The number of nitrogens with one attached hydrogen (secondary N) is 2. The Morgan fingerprint density at radius 2 is 1.76 bits per heavy atom. The Kier molecular flexibility index (Phi) is 9.27. The molecule has 1 amide bonds. The summed E-state index contributed by atoms with van der Waals surface area (Å²) < 4.78 is 8.70. The van der Waals surface area contributed by atoms with E-state index in [1.54, 1.807) is 36.2 Å². The van der Waals surface area contributed by atoms with Crippen LogP contribution in [0, 0.1) is 11.8 Å². The third-order valence-corrected chi connectivity index (χ3v) is 6.39. The van der Waals surface area contributed by atoms with Crippen molar-refractivity contribution < 1.29 is 9.53 Å². The number of rotatable bonds is 8. The van der Waals surface area contributed by atoms with Crippen LogP contribution in [0.4, 0.5) is 11.4 Å². The first-order valence-electron chi connectivity index (χ1n) is 12.2. The molecule has 184 valence electrons. The molecule has 1 aliphatic carbocycles. The lowest BCUT2D eigenvalue weighted by Crippen LogP contribution is -2.30. The van der Waals surface area contributed by atoms with Crippen molar-refractivity contribution in [2.24, 2.45) is 18.9 Å². The van der Waals surface area contributed by atoms with Gasteiger partial charge in [-0.05, 0) is 61.9 Å². The second-order valence-corrected chi connectivity index (χ2v) is 8.52. The summed E-state index contributed by atoms with van der Waals surface area (Å²) in [7, 11) is 3.50. The maximum absolute atomic E-state index is 12.9. The molecule has 2 N–H and O–H groups in total. The van der Waals surface area contributed by atoms with Crippen LogP contribution in [0.1, 0.15) is 39.5 Å². The van der Waals surface area contributed by atoms with Crippen LogP contribution in [-0.4, -0.2) is 40.3 Å². The van der Waals surface area contributed by atoms with E-state index in [4.69, 9.17) is 4.74 Å². The number of carbonyl (C=O) groups is 1. The molecule has 34 heavy (non-hydrogen) atoms. The second kappa shape index (κ2) is 12.4. The molecule has 0 atom stereocenters. The maximum Gasteiger partial charge on any atom is 0.328 e. The molecule has 0 spiro atoms. The van der Waals surface area contributed by atoms with Crippen LogP contribution in [0.2, 0.25) is 0 Å². The van der Waals surface area contributed by atoms with Crippen LogP contribution in [-0.2, 0) is 23.1 Å². The molecule has 0 unspecified atom stereocenters. The molecule has 8 nitrogen and oxygen atoms in total. The summed E-state index contributed by atoms with van der Waals surface area (Å²) in [6.07, 6.45) is 6.89. The van der Waals surface area contributed by atoms with E-state index in [2.05, 4.69) is 15.6 Å². The number of imidazole rings is 1. The highest BCUT2D eigenvalue weighted by atomic mass is 16.5. The molecular weight excluding hydrogens is 430 g/mol. The topological polar surface area (TPSA) is 90.2 Å². The summed E-state index contributed by atoms with van der Waals surface area (Å²) in [5.74, 6) is 0.470. The van der Waals surface area contributed by atoms with Gasteiger partial charge in [-0.2, -0.15) is 0 Å². The van der Waals surface area contributed by atoms with E-state index in [9.17, 15) is 9.59 Å². The van der Waals surface area contributed by atoms with Gasteiger partial charge in [-0.3, -0.25) is 18.9 Å². The summed E-state index contributed by atoms with van der Waals surface area (Å²) in [6, 6.07) is 9.63. The van der Waals surface area contributed by atoms with E-state index in [0.717, 1.165) is 48.1 Å². The molecule has 0 bridgehead atoms. The number of carbonyl (C=O) groups excluding carboxylic acids is 1. The lowest BCUT2D eigenvalue weighted by Gasteiger charge is -2.28. The van der Waals surface area contributed by atoms with E-state index in [0.29, 0.717) is 25.6 Å². The monoisotopic (exact) mass is 467 g/mol. The van der Waals surface area contributed by atoms with Crippen molar-refractivity contribution in [2.75, 3.05) is 30.9 Å². The number of ether oxygens (including phenoxy) is 1. The molecule has 1 aromatic carbocycles. The standard InChI is InChI=1S/C24H31N5O3.C2H6/c1-28-21-8-7-20(26-13-14-32-2)15-22(21)29(24(28)31)16-17-3-5-18(6-4-17)23(30)27-19-9-11-25-12-10-19;1-2/h7-12,15,17-18,26H,3-6,13-14,16H2,1-2H3,(H,25,27,30);1-2H3. The zero-order valence-corrected chi connectivity index (χ0v) is 20.7. The molecule has 1 aliphatic rings. The molecule has 0 saturated heterocycles. The van der Waals surface area contributed by atoms with Gasteiger partial charge in [-0.25, -0.2) is 4.79 Å². The van der Waals surface area contributed by atoms with Crippen LogP contribution in [0.15, 0.2) is 47.5 Å². The smallest absolute Gasteiger partial charge is 0.328 e. The molecule has 0 aliphatic heterocycles. The van der Waals surface area contributed by atoms with Crippen LogP contribution in [0.3, 0.4) is 0 Å². The van der Waals surface area contributed by atoms with Crippen LogP contribution < -0.4 is 16.3 Å². The average molecular weight is 468 g/mol. The van der Waals surface area contributed by atoms with Gasteiger partial charge < -0.3 is 15.4 Å². The summed E-state index contributed by atoms with van der Waals surface area (Å²) in [5.41, 5.74) is 3.64. The minimum atomic E-state index is 0.00611. The zero-order chi connectivity index (χ0) is 24.5. The Bertz CT molecular complexity index is 1110. The van der Waals surface area contributed by atoms with Crippen molar-refractivity contribution in [1.82, 2.24) is 14.1 Å². The van der Waals surface area contributed by atoms with Crippen LogP contribution >= 0.6 is 0 Å². The molecular formula is C26H37N5O3. The SMILES string of the molecule is CC.COCCNc1ccc2c(c1)n(CC1CCC(C(=O)Nc3ccncc3)CC1)c(=O)n2C. The van der Waals surface area contributed by atoms with Gasteiger partial charge in [0.2, 0.25) is 5.91 Å². The Hall–Kier alpha value is -3.13. The van der Waals surface area contributed by atoms with Gasteiger partial charge in [0.25, 0.3) is 0 Å². The van der Waals surface area contributed by atoms with Gasteiger partial charge >= 0.3 is 5.69 Å². The summed E-state index contributed by atoms with van der Waals surface area (Å²) in [4.78, 5) is 29.5. The maximum atomic E-state index is 12.9. The van der Waals surface area contributed by atoms with E-state index in [1.165, 1.54) is 0 Å². The number of fused-ring (bicyclic) bond motifs is 1. The number of nitrogens with zero attached hydrogens (tertiary/aromatic N) is 3. The quantitative estimate of drug-likeness (QED) is 0.483. The highest BCUT2D eigenvalue weighted by Gasteiger charge is 2.27. The summed E-state index contributed by atoms with van der Waals surface area (Å²) in [6.45, 7) is 6.01. The van der Waals surface area contributed by atoms with E-state index in [-0.39, 0.29) is 17.5 Å². The number of aromatic nitrogens is 3. The van der Waals surface area contributed by atoms with Gasteiger partial charge in [0, 0.05) is 56.9 Å². The number of pyridine rings is 1. The average Bonchev–Trinajstić information content (AvgIpc) is 3.11. The highest BCUT2D eigenvalue weighted by molar-refractivity contribution is 5.92. The first-order valence-corrected chi connectivity index (χ1v) is 12.2. The Morgan fingerprint density at radius 1 is 1.06 bits per heavy atom. The van der Waals surface area contributed by atoms with Gasteiger partial charge in [-0.15, -0.1) is 0 Å². The third-order valence-electron chi connectivity index (χ3n) is 6.39. The molecule has 3 aromatic rings. The first-order chi connectivity index (χ1) is 16.6. The fourth-order valence-electron chi connectivity index (χ4n) is 4.54. The number of aryl methyl sites for hydroxylation is 1. The number of hydrogen-bond acceptors (Lipinski definition) is 5. The summed E-state index contributed by atoms with van der Waals surface area (Å²) in [5, 5.41) is 6.32. The Balaban J connectivity index is 0.00000158. The number of anilines is 2. The van der Waals surface area contributed by atoms with E-state index in [1.807, 2.05) is 43.7 Å².